The monoisotopic (exact) mass is 202 g/mol. The van der Waals surface area contributed by atoms with Crippen LogP contribution in [0.25, 0.3) is 0 Å². The molecule has 2 nitrogen and oxygen atoms in total. The number of aliphatic hydroxyl groups is 1. The van der Waals surface area contributed by atoms with Gasteiger partial charge in [0.05, 0.1) is 11.7 Å². The van der Waals surface area contributed by atoms with E-state index >= 15 is 0 Å². The van der Waals surface area contributed by atoms with Crippen LogP contribution in [0.15, 0.2) is 0 Å². The first-order chi connectivity index (χ1) is 6.16. The number of hydrogen-bond acceptors (Lipinski definition) is 2. The molecule has 1 atom stereocenters. The molecule has 0 spiro atoms. The van der Waals surface area contributed by atoms with Crippen molar-refractivity contribution in [1.82, 2.24) is 0 Å². The largest absolute Gasteiger partial charge is 0.393 e. The molecule has 14 heavy (non-hydrogen) atoms. The Morgan fingerprint density at radius 2 is 1.64 bits per heavy atom. The minimum atomic E-state index is -0.246. The summed E-state index contributed by atoms with van der Waals surface area (Å²) in [5, 5.41) is 9.80. The zero-order chi connectivity index (χ0) is 11.4. The smallest absolute Gasteiger partial charge is 0.0647 e. The summed E-state index contributed by atoms with van der Waals surface area (Å²) < 4.78 is 5.28. The van der Waals surface area contributed by atoms with Crippen LogP contribution in [0.1, 0.15) is 53.9 Å². The molecule has 1 unspecified atom stereocenters. The van der Waals surface area contributed by atoms with Gasteiger partial charge >= 0.3 is 0 Å². The SMILES string of the molecule is COC(C)(C)CC(O)CCC(C)(C)C. The van der Waals surface area contributed by atoms with Crippen molar-refractivity contribution < 1.29 is 9.84 Å². The fourth-order valence-electron chi connectivity index (χ4n) is 1.35. The fraction of sp³-hybridized carbons (Fsp3) is 1.00. The Kier molecular flexibility index (Phi) is 5.10. The Labute approximate surface area is 88.7 Å². The molecule has 0 aromatic carbocycles. The molecule has 0 heterocycles. The van der Waals surface area contributed by atoms with E-state index in [4.69, 9.17) is 4.74 Å². The Morgan fingerprint density at radius 1 is 1.14 bits per heavy atom. The number of ether oxygens (including phenoxy) is 1. The minimum Gasteiger partial charge on any atom is -0.393 e. The van der Waals surface area contributed by atoms with Crippen molar-refractivity contribution in [2.24, 2.45) is 5.41 Å². The second-order valence-corrected chi connectivity index (χ2v) is 5.92. The van der Waals surface area contributed by atoms with Gasteiger partial charge in [-0.05, 0) is 32.1 Å². The molecule has 0 fully saturated rings. The van der Waals surface area contributed by atoms with Gasteiger partial charge in [0.2, 0.25) is 0 Å². The second kappa shape index (κ2) is 5.13. The number of aliphatic hydroxyl groups excluding tert-OH is 1. The van der Waals surface area contributed by atoms with E-state index in [1.165, 1.54) is 0 Å². The molecule has 2 heteroatoms. The van der Waals surface area contributed by atoms with Crippen molar-refractivity contribution in [2.75, 3.05) is 7.11 Å². The Morgan fingerprint density at radius 3 is 2.00 bits per heavy atom. The summed E-state index contributed by atoms with van der Waals surface area (Å²) in [6.07, 6.45) is 2.37. The van der Waals surface area contributed by atoms with Crippen molar-refractivity contribution >= 4 is 0 Å². The molecule has 0 aromatic heterocycles. The zero-order valence-corrected chi connectivity index (χ0v) is 10.6. The maximum atomic E-state index is 9.80. The molecule has 0 aromatic rings. The van der Waals surface area contributed by atoms with Crippen molar-refractivity contribution in [2.45, 2.75) is 65.6 Å². The summed E-state index contributed by atoms with van der Waals surface area (Å²) >= 11 is 0. The molecule has 0 aliphatic carbocycles. The second-order valence-electron chi connectivity index (χ2n) is 5.92. The van der Waals surface area contributed by atoms with Gasteiger partial charge in [0.15, 0.2) is 0 Å². The van der Waals surface area contributed by atoms with E-state index in [0.717, 1.165) is 12.8 Å². The third-order valence-electron chi connectivity index (χ3n) is 2.51. The van der Waals surface area contributed by atoms with Crippen LogP contribution in [-0.4, -0.2) is 23.9 Å². The highest BCUT2D eigenvalue weighted by atomic mass is 16.5. The molecule has 0 saturated heterocycles. The van der Waals surface area contributed by atoms with E-state index in [9.17, 15) is 5.11 Å². The van der Waals surface area contributed by atoms with Gasteiger partial charge in [-0.25, -0.2) is 0 Å². The lowest BCUT2D eigenvalue weighted by molar-refractivity contribution is -0.0231. The van der Waals surface area contributed by atoms with Gasteiger partial charge in [0, 0.05) is 13.5 Å². The molecule has 0 radical (unpaired) electrons. The first kappa shape index (κ1) is 13.9. The van der Waals surface area contributed by atoms with Crippen LogP contribution in [0.4, 0.5) is 0 Å². The summed E-state index contributed by atoms with van der Waals surface area (Å²) in [7, 11) is 1.69. The zero-order valence-electron chi connectivity index (χ0n) is 10.6. The first-order valence-electron chi connectivity index (χ1n) is 5.39. The van der Waals surface area contributed by atoms with E-state index in [-0.39, 0.29) is 11.7 Å². The molecule has 0 bridgehead atoms. The summed E-state index contributed by atoms with van der Waals surface area (Å²) in [6, 6.07) is 0. The summed E-state index contributed by atoms with van der Waals surface area (Å²) in [5.41, 5.74) is 0.0928. The molecule has 0 amide bonds. The van der Waals surface area contributed by atoms with E-state index in [1.54, 1.807) is 7.11 Å². The van der Waals surface area contributed by atoms with Gasteiger partial charge in [-0.15, -0.1) is 0 Å². The lowest BCUT2D eigenvalue weighted by Gasteiger charge is -2.27. The van der Waals surface area contributed by atoms with Crippen molar-refractivity contribution in [3.8, 4) is 0 Å². The van der Waals surface area contributed by atoms with Crippen LogP contribution < -0.4 is 0 Å². The maximum Gasteiger partial charge on any atom is 0.0647 e. The van der Waals surface area contributed by atoms with Crippen LogP contribution in [0.3, 0.4) is 0 Å². The molecule has 1 N–H and O–H groups in total. The third-order valence-corrected chi connectivity index (χ3v) is 2.51. The van der Waals surface area contributed by atoms with Crippen molar-refractivity contribution in [1.29, 1.82) is 0 Å². The number of methoxy groups -OCH3 is 1. The molecule has 0 rings (SSSR count). The quantitative estimate of drug-likeness (QED) is 0.742. The Balaban J connectivity index is 3.82. The average Bonchev–Trinajstić information content (AvgIpc) is 1.99. The van der Waals surface area contributed by atoms with Gasteiger partial charge in [0.1, 0.15) is 0 Å². The highest BCUT2D eigenvalue weighted by Gasteiger charge is 2.22. The Hall–Kier alpha value is -0.0800. The highest BCUT2D eigenvalue weighted by Crippen LogP contribution is 2.25. The maximum absolute atomic E-state index is 9.80. The van der Waals surface area contributed by atoms with Crippen LogP contribution in [0.5, 0.6) is 0 Å². The van der Waals surface area contributed by atoms with Gasteiger partial charge in [-0.3, -0.25) is 0 Å². The van der Waals surface area contributed by atoms with Gasteiger partial charge in [0.25, 0.3) is 0 Å². The van der Waals surface area contributed by atoms with Gasteiger partial charge < -0.3 is 9.84 Å². The molecule has 0 saturated carbocycles. The molecule has 0 aliphatic heterocycles. The predicted octanol–water partition coefficient (Wildman–Crippen LogP) is 2.99. The number of hydrogen-bond donors (Lipinski definition) is 1. The van der Waals surface area contributed by atoms with Crippen LogP contribution in [-0.2, 0) is 4.74 Å². The van der Waals surface area contributed by atoms with Crippen LogP contribution >= 0.6 is 0 Å². The minimum absolute atomic E-state index is 0.211. The van der Waals surface area contributed by atoms with Crippen LogP contribution in [0, 0.1) is 5.41 Å². The third kappa shape index (κ3) is 7.34. The van der Waals surface area contributed by atoms with Gasteiger partial charge in [-0.1, -0.05) is 20.8 Å². The standard InChI is InChI=1S/C12H26O2/c1-11(2,3)8-7-10(13)9-12(4,5)14-6/h10,13H,7-9H2,1-6H3. The lowest BCUT2D eigenvalue weighted by Crippen LogP contribution is -2.29. The lowest BCUT2D eigenvalue weighted by atomic mass is 9.87. The van der Waals surface area contributed by atoms with E-state index in [2.05, 4.69) is 20.8 Å². The van der Waals surface area contributed by atoms with E-state index in [1.807, 2.05) is 13.8 Å². The molecular formula is C12H26O2. The highest BCUT2D eigenvalue weighted by molar-refractivity contribution is 4.74. The van der Waals surface area contributed by atoms with Gasteiger partial charge in [-0.2, -0.15) is 0 Å². The van der Waals surface area contributed by atoms with Crippen molar-refractivity contribution in [3.63, 3.8) is 0 Å². The van der Waals surface area contributed by atoms with E-state index in [0.29, 0.717) is 11.8 Å². The fourth-order valence-corrected chi connectivity index (χ4v) is 1.35. The van der Waals surface area contributed by atoms with Crippen molar-refractivity contribution in [3.05, 3.63) is 0 Å². The topological polar surface area (TPSA) is 29.5 Å². The summed E-state index contributed by atoms with van der Waals surface area (Å²) in [5.74, 6) is 0. The Bertz CT molecular complexity index is 156. The summed E-state index contributed by atoms with van der Waals surface area (Å²) in [6.45, 7) is 10.6. The number of rotatable bonds is 5. The van der Waals surface area contributed by atoms with Crippen LogP contribution in [0.2, 0.25) is 0 Å². The predicted molar refractivity (Wildman–Crippen MR) is 60.4 cm³/mol. The van der Waals surface area contributed by atoms with E-state index < -0.39 is 0 Å². The molecular weight excluding hydrogens is 176 g/mol. The first-order valence-corrected chi connectivity index (χ1v) is 5.39. The normalized spacial score (nSPS) is 15.6. The molecule has 0 aliphatic rings. The average molecular weight is 202 g/mol. The summed E-state index contributed by atoms with van der Waals surface area (Å²) in [4.78, 5) is 0. The molecule has 86 valence electrons.